The summed E-state index contributed by atoms with van der Waals surface area (Å²) >= 11 is 0. The van der Waals surface area contributed by atoms with Gasteiger partial charge in [0.25, 0.3) is 0 Å². The summed E-state index contributed by atoms with van der Waals surface area (Å²) in [4.78, 5) is 10.8. The van der Waals surface area contributed by atoms with Gasteiger partial charge in [0.15, 0.2) is 0 Å². The molecule has 0 aromatic rings. The summed E-state index contributed by atoms with van der Waals surface area (Å²) in [6.07, 6.45) is 11.2. The fourth-order valence-corrected chi connectivity index (χ4v) is 1.91. The van der Waals surface area contributed by atoms with Crippen LogP contribution < -0.4 is 0 Å². The van der Waals surface area contributed by atoms with Crippen molar-refractivity contribution in [2.45, 2.75) is 58.4 Å². The Morgan fingerprint density at radius 2 is 1.69 bits per heavy atom. The lowest BCUT2D eigenvalue weighted by atomic mass is 10.1. The highest BCUT2D eigenvalue weighted by Crippen LogP contribution is 2.07. The van der Waals surface area contributed by atoms with Gasteiger partial charge in [0.05, 0.1) is 0 Å². The zero-order valence-corrected chi connectivity index (χ0v) is 10.2. The molecule has 0 rings (SSSR count). The first-order valence-corrected chi connectivity index (χ1v) is 7.89. The highest BCUT2D eigenvalue weighted by Gasteiger charge is 1.91. The van der Waals surface area contributed by atoms with Crippen molar-refractivity contribution in [3.8, 4) is 0 Å². The molecule has 0 N–H and O–H groups in total. The molecule has 13 heavy (non-hydrogen) atoms. The molecule has 0 bridgehead atoms. The van der Waals surface area contributed by atoms with Crippen molar-refractivity contribution in [3.05, 3.63) is 11.8 Å². The second-order valence-electron chi connectivity index (χ2n) is 3.69. The average Bonchev–Trinajstić information content (AvgIpc) is 2.09. The molecule has 0 amide bonds. The van der Waals surface area contributed by atoms with Gasteiger partial charge >= 0.3 is 0 Å². The normalized spacial score (nSPS) is 13.8. The lowest BCUT2D eigenvalue weighted by molar-refractivity contribution is 0.464. The van der Waals surface area contributed by atoms with E-state index in [0.29, 0.717) is 0 Å². The molecule has 1 unspecified atom stereocenters. The molecule has 0 spiro atoms. The monoisotopic (exact) mass is 199 g/mol. The van der Waals surface area contributed by atoms with E-state index in [-0.39, 0.29) is 0 Å². The maximum atomic E-state index is 10.8. The Morgan fingerprint density at radius 3 is 2.31 bits per heavy atom. The van der Waals surface area contributed by atoms with Gasteiger partial charge in [-0.3, -0.25) is 4.80 Å². The molecule has 0 aromatic heterocycles. The lowest BCUT2D eigenvalue weighted by Gasteiger charge is -1.97. The van der Waals surface area contributed by atoms with E-state index in [1.54, 1.807) is 0 Å². The van der Waals surface area contributed by atoms with Gasteiger partial charge in [-0.2, -0.15) is 0 Å². The van der Waals surface area contributed by atoms with Crippen LogP contribution in [-0.2, 0) is 4.80 Å². The van der Waals surface area contributed by atoms with Crippen molar-refractivity contribution in [3.63, 3.8) is 0 Å². The van der Waals surface area contributed by atoms with Crippen molar-refractivity contribution in [1.82, 2.24) is 0 Å². The van der Waals surface area contributed by atoms with Crippen LogP contribution in [0.1, 0.15) is 51.9 Å². The van der Waals surface area contributed by atoms with Crippen molar-refractivity contribution in [2.75, 3.05) is 0 Å². The van der Waals surface area contributed by atoms with Gasteiger partial charge in [0.2, 0.25) is 9.04 Å². The van der Waals surface area contributed by atoms with Crippen LogP contribution in [0, 0.1) is 0 Å². The van der Waals surface area contributed by atoms with Crippen molar-refractivity contribution >= 4 is 9.04 Å². The second-order valence-corrected chi connectivity index (χ2v) is 5.48. The lowest BCUT2D eigenvalue weighted by Crippen LogP contribution is -1.96. The predicted octanol–water partition coefficient (Wildman–Crippen LogP) is 3.62. The van der Waals surface area contributed by atoms with Crippen molar-refractivity contribution in [2.24, 2.45) is 0 Å². The summed E-state index contributed by atoms with van der Waals surface area (Å²) in [5.74, 6) is 0. The van der Waals surface area contributed by atoms with Crippen LogP contribution in [0.5, 0.6) is 0 Å². The summed E-state index contributed by atoms with van der Waals surface area (Å²) in [6.45, 7) is 4.06. The van der Waals surface area contributed by atoms with Crippen LogP contribution in [0.3, 0.4) is 0 Å². The largest absolute Gasteiger partial charge is 0.297 e. The number of hydrogen-bond acceptors (Lipinski definition) is 0. The quantitative estimate of drug-likeness (QED) is 0.420. The van der Waals surface area contributed by atoms with Gasteiger partial charge in [0.1, 0.15) is 0 Å². The zero-order valence-electron chi connectivity index (χ0n) is 9.09. The Hall–Kier alpha value is -0.0831. The minimum Gasteiger partial charge on any atom is -0.297 e. The molecular formula is C11H23OSi. The molecule has 1 nitrogen and oxygen atoms in total. The Morgan fingerprint density at radius 1 is 1.08 bits per heavy atom. The van der Waals surface area contributed by atoms with Crippen LogP contribution in [-0.4, -0.2) is 9.04 Å². The Bertz CT molecular complexity index is 121. The van der Waals surface area contributed by atoms with Crippen LogP contribution in [0.4, 0.5) is 0 Å². The van der Waals surface area contributed by atoms with Crippen molar-refractivity contribution < 1.29 is 4.80 Å². The number of rotatable bonds is 8. The van der Waals surface area contributed by atoms with Gasteiger partial charge in [-0.05, 0) is 19.4 Å². The SMILES string of the molecule is CCCCCCCC/C=C/[SiH](C)[O]. The summed E-state index contributed by atoms with van der Waals surface area (Å²) in [7, 11) is -1.67. The number of allylic oxidation sites excluding steroid dienone is 1. The topological polar surface area (TPSA) is 19.9 Å². The molecule has 1 radical (unpaired) electrons. The molecule has 0 aromatic carbocycles. The molecule has 77 valence electrons. The predicted molar refractivity (Wildman–Crippen MR) is 60.8 cm³/mol. The molecule has 0 heterocycles. The van der Waals surface area contributed by atoms with E-state index >= 15 is 0 Å². The smallest absolute Gasteiger partial charge is 0.242 e. The first-order valence-electron chi connectivity index (χ1n) is 5.60. The highest BCUT2D eigenvalue weighted by atomic mass is 28.3. The summed E-state index contributed by atoms with van der Waals surface area (Å²) in [5.41, 5.74) is 1.89. The molecule has 0 fully saturated rings. The zero-order chi connectivity index (χ0) is 9.94. The Labute approximate surface area is 84.6 Å². The van der Waals surface area contributed by atoms with Crippen molar-refractivity contribution in [1.29, 1.82) is 0 Å². The van der Waals surface area contributed by atoms with E-state index < -0.39 is 9.04 Å². The molecular weight excluding hydrogens is 176 g/mol. The Kier molecular flexibility index (Phi) is 9.94. The molecule has 0 saturated heterocycles. The minimum absolute atomic E-state index is 1.12. The van der Waals surface area contributed by atoms with E-state index in [4.69, 9.17) is 0 Å². The molecule has 0 aliphatic carbocycles. The van der Waals surface area contributed by atoms with E-state index in [9.17, 15) is 4.80 Å². The maximum Gasteiger partial charge on any atom is 0.242 e. The van der Waals surface area contributed by atoms with Gasteiger partial charge in [-0.15, -0.1) is 0 Å². The highest BCUT2D eigenvalue weighted by molar-refractivity contribution is 6.54. The molecule has 0 aliphatic heterocycles. The summed E-state index contributed by atoms with van der Waals surface area (Å²) in [6, 6.07) is 0. The van der Waals surface area contributed by atoms with E-state index in [2.05, 4.69) is 13.0 Å². The standard InChI is InChI=1S/C11H23OSi/c1-3-4-5-6-7-8-9-10-11-13(2)12/h10-11,13H,3-9H2,1-2H3/b11-10+. The van der Waals surface area contributed by atoms with E-state index in [1.165, 1.54) is 38.5 Å². The first kappa shape index (κ1) is 12.9. The van der Waals surface area contributed by atoms with E-state index in [1.807, 2.05) is 12.2 Å². The second kappa shape index (κ2) is 10.0. The summed E-state index contributed by atoms with van der Waals surface area (Å²) < 4.78 is 0. The van der Waals surface area contributed by atoms with Gasteiger partial charge in [-0.1, -0.05) is 50.8 Å². The van der Waals surface area contributed by atoms with Crippen LogP contribution in [0.15, 0.2) is 11.8 Å². The van der Waals surface area contributed by atoms with Gasteiger partial charge in [-0.25, -0.2) is 0 Å². The maximum absolute atomic E-state index is 10.8. The molecule has 0 saturated carbocycles. The Balaban J connectivity index is 2.99. The minimum atomic E-state index is -1.67. The van der Waals surface area contributed by atoms with Crippen LogP contribution in [0.2, 0.25) is 6.55 Å². The van der Waals surface area contributed by atoms with Gasteiger partial charge in [0, 0.05) is 0 Å². The first-order chi connectivity index (χ1) is 6.27. The average molecular weight is 199 g/mol. The fraction of sp³-hybridized carbons (Fsp3) is 0.818. The van der Waals surface area contributed by atoms with Crippen LogP contribution in [0.25, 0.3) is 0 Å². The van der Waals surface area contributed by atoms with E-state index in [0.717, 1.165) is 6.42 Å². The molecule has 0 aliphatic rings. The third-order valence-corrected chi connectivity index (χ3v) is 2.95. The van der Waals surface area contributed by atoms with Gasteiger partial charge < -0.3 is 0 Å². The third-order valence-electron chi connectivity index (χ3n) is 2.13. The fourth-order valence-electron chi connectivity index (χ4n) is 1.33. The number of unbranched alkanes of at least 4 members (excludes halogenated alkanes) is 6. The molecule has 2 heteroatoms. The number of hydrogen-bond donors (Lipinski definition) is 0. The van der Waals surface area contributed by atoms with Crippen LogP contribution >= 0.6 is 0 Å². The molecule has 1 atom stereocenters. The third kappa shape index (κ3) is 11.9. The summed E-state index contributed by atoms with van der Waals surface area (Å²) in [5, 5.41) is 0.